The minimum Gasteiger partial charge on any atom is -0.496 e. The van der Waals surface area contributed by atoms with Crippen LogP contribution >= 0.6 is 34.8 Å². The van der Waals surface area contributed by atoms with E-state index >= 15 is 0 Å². The Kier molecular flexibility index (Phi) is 5.17. The summed E-state index contributed by atoms with van der Waals surface area (Å²) in [4.78, 5) is 0. The first kappa shape index (κ1) is 15.5. The van der Waals surface area contributed by atoms with Crippen LogP contribution in [0.25, 0.3) is 0 Å². The maximum atomic E-state index is 6.29. The van der Waals surface area contributed by atoms with Crippen LogP contribution < -0.4 is 10.1 Å². The van der Waals surface area contributed by atoms with Crippen LogP contribution in [0.1, 0.15) is 17.2 Å². The quantitative estimate of drug-likeness (QED) is 0.855. The molecule has 0 spiro atoms. The molecule has 1 atom stereocenters. The number of rotatable bonds is 4. The molecule has 2 nitrogen and oxygen atoms in total. The zero-order valence-electron chi connectivity index (χ0n) is 11.1. The minimum atomic E-state index is -0.131. The standard InChI is InChI=1S/C15H14Cl3NO/c1-19-15(11-5-3-10(17)8-13(11)18)12-7-9(16)4-6-14(12)20-2/h3-8,15,19H,1-2H3. The molecule has 2 rings (SSSR count). The summed E-state index contributed by atoms with van der Waals surface area (Å²) in [5.74, 6) is 0.750. The Morgan fingerprint density at radius 3 is 2.20 bits per heavy atom. The maximum Gasteiger partial charge on any atom is 0.124 e. The number of benzene rings is 2. The number of ether oxygens (including phenoxy) is 1. The van der Waals surface area contributed by atoms with Gasteiger partial charge in [0, 0.05) is 20.6 Å². The molecule has 0 saturated heterocycles. The van der Waals surface area contributed by atoms with Crippen LogP contribution in [-0.2, 0) is 0 Å². The summed E-state index contributed by atoms with van der Waals surface area (Å²) in [6.07, 6.45) is 0. The maximum absolute atomic E-state index is 6.29. The summed E-state index contributed by atoms with van der Waals surface area (Å²) < 4.78 is 5.40. The third kappa shape index (κ3) is 3.21. The fourth-order valence-corrected chi connectivity index (χ4v) is 2.84. The van der Waals surface area contributed by atoms with Gasteiger partial charge in [0.1, 0.15) is 5.75 Å². The van der Waals surface area contributed by atoms with Gasteiger partial charge in [-0.1, -0.05) is 40.9 Å². The molecule has 2 aromatic rings. The van der Waals surface area contributed by atoms with Crippen molar-refractivity contribution in [2.45, 2.75) is 6.04 Å². The molecule has 0 aliphatic heterocycles. The minimum absolute atomic E-state index is 0.131. The number of halogens is 3. The van der Waals surface area contributed by atoms with E-state index in [9.17, 15) is 0 Å². The lowest BCUT2D eigenvalue weighted by Crippen LogP contribution is -2.19. The Morgan fingerprint density at radius 1 is 0.950 bits per heavy atom. The molecule has 106 valence electrons. The van der Waals surface area contributed by atoms with Crippen LogP contribution in [0, 0.1) is 0 Å². The van der Waals surface area contributed by atoms with Crippen LogP contribution in [0.15, 0.2) is 36.4 Å². The zero-order chi connectivity index (χ0) is 14.7. The molecular formula is C15H14Cl3NO. The average Bonchev–Trinajstić information content (AvgIpc) is 2.42. The van der Waals surface area contributed by atoms with Gasteiger partial charge in [-0.15, -0.1) is 0 Å². The van der Waals surface area contributed by atoms with Crippen LogP contribution in [0.4, 0.5) is 0 Å². The highest BCUT2D eigenvalue weighted by Crippen LogP contribution is 2.35. The summed E-state index contributed by atoms with van der Waals surface area (Å²) >= 11 is 18.3. The van der Waals surface area contributed by atoms with E-state index in [-0.39, 0.29) is 6.04 Å². The van der Waals surface area contributed by atoms with Crippen LogP contribution in [0.2, 0.25) is 15.1 Å². The van der Waals surface area contributed by atoms with Crippen molar-refractivity contribution in [2.24, 2.45) is 0 Å². The van der Waals surface area contributed by atoms with Gasteiger partial charge in [-0.05, 0) is 42.9 Å². The van der Waals surface area contributed by atoms with Gasteiger partial charge in [0.25, 0.3) is 0 Å². The van der Waals surface area contributed by atoms with Crippen molar-refractivity contribution in [3.05, 3.63) is 62.6 Å². The number of methoxy groups -OCH3 is 1. The van der Waals surface area contributed by atoms with Crippen molar-refractivity contribution in [2.75, 3.05) is 14.2 Å². The second kappa shape index (κ2) is 6.68. The predicted octanol–water partition coefficient (Wildman–Crippen LogP) is 4.96. The molecule has 20 heavy (non-hydrogen) atoms. The number of hydrogen-bond acceptors (Lipinski definition) is 2. The number of nitrogens with one attached hydrogen (secondary N) is 1. The fraction of sp³-hybridized carbons (Fsp3) is 0.200. The van der Waals surface area contributed by atoms with E-state index in [0.29, 0.717) is 15.1 Å². The lowest BCUT2D eigenvalue weighted by atomic mass is 9.98. The van der Waals surface area contributed by atoms with E-state index < -0.39 is 0 Å². The third-order valence-electron chi connectivity index (χ3n) is 3.06. The summed E-state index contributed by atoms with van der Waals surface area (Å²) in [7, 11) is 3.48. The molecule has 1 N–H and O–H groups in total. The van der Waals surface area contributed by atoms with Crippen LogP contribution in [0.3, 0.4) is 0 Å². The lowest BCUT2D eigenvalue weighted by Gasteiger charge is -2.21. The van der Waals surface area contributed by atoms with E-state index in [1.165, 1.54) is 0 Å². The van der Waals surface area contributed by atoms with Gasteiger partial charge in [0.2, 0.25) is 0 Å². The van der Waals surface area contributed by atoms with Crippen molar-refractivity contribution in [1.82, 2.24) is 5.32 Å². The molecule has 0 aliphatic carbocycles. The molecule has 0 radical (unpaired) electrons. The van der Waals surface area contributed by atoms with E-state index in [0.717, 1.165) is 16.9 Å². The Morgan fingerprint density at radius 2 is 1.60 bits per heavy atom. The normalized spacial score (nSPS) is 12.2. The average molecular weight is 331 g/mol. The largest absolute Gasteiger partial charge is 0.496 e. The van der Waals surface area contributed by atoms with Crippen molar-refractivity contribution in [3.8, 4) is 5.75 Å². The van der Waals surface area contributed by atoms with Gasteiger partial charge in [-0.3, -0.25) is 0 Å². The molecule has 0 fully saturated rings. The van der Waals surface area contributed by atoms with Gasteiger partial charge >= 0.3 is 0 Å². The third-order valence-corrected chi connectivity index (χ3v) is 3.86. The van der Waals surface area contributed by atoms with E-state index in [4.69, 9.17) is 39.5 Å². The highest BCUT2D eigenvalue weighted by Gasteiger charge is 2.19. The first-order valence-electron chi connectivity index (χ1n) is 6.02. The van der Waals surface area contributed by atoms with Crippen molar-refractivity contribution in [3.63, 3.8) is 0 Å². The molecule has 0 heterocycles. The SMILES string of the molecule is CNC(c1ccc(Cl)cc1Cl)c1cc(Cl)ccc1OC. The first-order chi connectivity index (χ1) is 9.56. The van der Waals surface area contributed by atoms with Crippen molar-refractivity contribution < 1.29 is 4.74 Å². The van der Waals surface area contributed by atoms with E-state index in [2.05, 4.69) is 5.32 Å². The van der Waals surface area contributed by atoms with E-state index in [1.54, 1.807) is 19.2 Å². The Balaban J connectivity index is 2.54. The van der Waals surface area contributed by atoms with Crippen LogP contribution in [-0.4, -0.2) is 14.2 Å². The Hall–Kier alpha value is -0.930. The summed E-state index contributed by atoms with van der Waals surface area (Å²) in [6, 6.07) is 10.8. The lowest BCUT2D eigenvalue weighted by molar-refractivity contribution is 0.405. The summed E-state index contributed by atoms with van der Waals surface area (Å²) in [6.45, 7) is 0. The Bertz CT molecular complexity index is 616. The van der Waals surface area contributed by atoms with Gasteiger partial charge in [-0.2, -0.15) is 0 Å². The summed E-state index contributed by atoms with van der Waals surface area (Å²) in [5.41, 5.74) is 1.84. The predicted molar refractivity (Wildman–Crippen MR) is 85.4 cm³/mol. The molecule has 0 aromatic heterocycles. The first-order valence-corrected chi connectivity index (χ1v) is 7.16. The van der Waals surface area contributed by atoms with Crippen molar-refractivity contribution >= 4 is 34.8 Å². The fourth-order valence-electron chi connectivity index (χ4n) is 2.14. The monoisotopic (exact) mass is 329 g/mol. The molecule has 2 aromatic carbocycles. The highest BCUT2D eigenvalue weighted by atomic mass is 35.5. The van der Waals surface area contributed by atoms with Gasteiger partial charge < -0.3 is 10.1 Å². The summed E-state index contributed by atoms with van der Waals surface area (Å²) in [5, 5.41) is 5.07. The van der Waals surface area contributed by atoms with Gasteiger partial charge in [0.15, 0.2) is 0 Å². The Labute approximate surface area is 133 Å². The topological polar surface area (TPSA) is 21.3 Å². The molecule has 0 aliphatic rings. The molecule has 0 bridgehead atoms. The molecular weight excluding hydrogens is 317 g/mol. The molecule has 0 amide bonds. The molecule has 0 saturated carbocycles. The zero-order valence-corrected chi connectivity index (χ0v) is 13.4. The van der Waals surface area contributed by atoms with Crippen LogP contribution in [0.5, 0.6) is 5.75 Å². The molecule has 5 heteroatoms. The van der Waals surface area contributed by atoms with E-state index in [1.807, 2.05) is 31.3 Å². The molecule has 1 unspecified atom stereocenters. The smallest absolute Gasteiger partial charge is 0.124 e. The second-order valence-electron chi connectivity index (χ2n) is 4.27. The second-order valence-corrected chi connectivity index (χ2v) is 5.55. The highest BCUT2D eigenvalue weighted by molar-refractivity contribution is 6.35. The van der Waals surface area contributed by atoms with Crippen molar-refractivity contribution in [1.29, 1.82) is 0 Å². The number of hydrogen-bond donors (Lipinski definition) is 1. The van der Waals surface area contributed by atoms with Gasteiger partial charge in [0.05, 0.1) is 13.2 Å². The van der Waals surface area contributed by atoms with Gasteiger partial charge in [-0.25, -0.2) is 0 Å².